The van der Waals surface area contributed by atoms with Crippen molar-refractivity contribution in [3.63, 3.8) is 0 Å². The quantitative estimate of drug-likeness (QED) is 0.243. The van der Waals surface area contributed by atoms with Crippen molar-refractivity contribution in [3.8, 4) is 0 Å². The molecule has 0 aliphatic heterocycles. The molecule has 0 aliphatic carbocycles. The highest BCUT2D eigenvalue weighted by Crippen LogP contribution is 1.96. The molecule has 0 aromatic heterocycles. The predicted octanol–water partition coefficient (Wildman–Crippen LogP) is -3.28. The van der Waals surface area contributed by atoms with Crippen molar-refractivity contribution in [1.82, 2.24) is 0 Å². The molecule has 9 heteroatoms. The van der Waals surface area contributed by atoms with E-state index in [1.807, 2.05) is 0 Å². The van der Waals surface area contributed by atoms with Crippen LogP contribution < -0.4 is 0 Å². The summed E-state index contributed by atoms with van der Waals surface area (Å²) in [5.74, 6) is 0. The molecule has 0 amide bonds. The average Bonchev–Trinajstić information content (AvgIpc) is 2.36. The Morgan fingerprint density at radius 1 is 0.824 bits per heavy atom. The fourth-order valence-corrected chi connectivity index (χ4v) is 0.778. The highest BCUT2D eigenvalue weighted by atomic mass is 16.7. The smallest absolute Gasteiger partial charge is 0.394 e. The minimum atomic E-state index is -1.19. The molecule has 2 atom stereocenters. The molecule has 0 spiro atoms. The first-order valence-corrected chi connectivity index (χ1v) is 5.17. The third kappa shape index (κ3) is 9.45. The monoisotopic (exact) mass is 254 g/mol. The molecular formula is C8H19BO8. The molecule has 102 valence electrons. The summed E-state index contributed by atoms with van der Waals surface area (Å²) in [5, 5.41) is 43.7. The van der Waals surface area contributed by atoms with Crippen LogP contribution >= 0.6 is 0 Å². The zero-order valence-electron chi connectivity index (χ0n) is 9.44. The summed E-state index contributed by atoms with van der Waals surface area (Å²) in [4.78, 5) is 0. The Morgan fingerprint density at radius 2 is 1.29 bits per heavy atom. The van der Waals surface area contributed by atoms with E-state index in [4.69, 9.17) is 39.5 Å². The summed E-state index contributed by atoms with van der Waals surface area (Å²) in [6.45, 7) is -1.66. The van der Waals surface area contributed by atoms with Gasteiger partial charge in [-0.1, -0.05) is 0 Å². The third-order valence-electron chi connectivity index (χ3n) is 1.62. The lowest BCUT2D eigenvalue weighted by molar-refractivity contribution is -0.00639. The topological polar surface area (TPSA) is 129 Å². The van der Waals surface area contributed by atoms with Gasteiger partial charge in [0.1, 0.15) is 0 Å². The summed E-state index contributed by atoms with van der Waals surface area (Å²) in [5.41, 5.74) is 0. The Kier molecular flexibility index (Phi) is 10.7. The molecule has 0 fully saturated rings. The average molecular weight is 254 g/mol. The normalized spacial score (nSPS) is 14.6. The van der Waals surface area contributed by atoms with E-state index in [0.29, 0.717) is 0 Å². The number of aliphatic hydroxyl groups excluding tert-OH is 5. The van der Waals surface area contributed by atoms with Crippen LogP contribution in [-0.2, 0) is 14.0 Å². The third-order valence-corrected chi connectivity index (χ3v) is 1.62. The van der Waals surface area contributed by atoms with Crippen LogP contribution in [0.5, 0.6) is 0 Å². The standard InChI is InChI=1S/C8H19BO8/c10-1-2-15-9(16-5-7(13)3-11)17-6-8(14)4-12/h7-8,10-14H,1-6H2. The zero-order chi connectivity index (χ0) is 13.1. The maximum Gasteiger partial charge on any atom is 0.639 e. The van der Waals surface area contributed by atoms with Crippen LogP contribution in [0.2, 0.25) is 0 Å². The van der Waals surface area contributed by atoms with Crippen LogP contribution in [0.3, 0.4) is 0 Å². The van der Waals surface area contributed by atoms with Crippen LogP contribution in [0.15, 0.2) is 0 Å². The van der Waals surface area contributed by atoms with Gasteiger partial charge in [-0.25, -0.2) is 0 Å². The van der Waals surface area contributed by atoms with Gasteiger partial charge in [0.2, 0.25) is 0 Å². The van der Waals surface area contributed by atoms with Gasteiger partial charge in [0.05, 0.1) is 51.8 Å². The van der Waals surface area contributed by atoms with Crippen LogP contribution in [0, 0.1) is 0 Å². The maximum absolute atomic E-state index is 9.03. The second-order valence-corrected chi connectivity index (χ2v) is 3.22. The lowest BCUT2D eigenvalue weighted by Crippen LogP contribution is -2.35. The molecule has 0 heterocycles. The van der Waals surface area contributed by atoms with Crippen molar-refractivity contribution in [2.75, 3.05) is 39.6 Å². The Labute approximate surface area is 99.5 Å². The van der Waals surface area contributed by atoms with Crippen molar-refractivity contribution in [2.45, 2.75) is 12.2 Å². The highest BCUT2D eigenvalue weighted by molar-refractivity contribution is 6.36. The van der Waals surface area contributed by atoms with E-state index in [1.165, 1.54) is 0 Å². The number of hydrogen-bond acceptors (Lipinski definition) is 8. The van der Waals surface area contributed by atoms with E-state index in [9.17, 15) is 0 Å². The lowest BCUT2D eigenvalue weighted by Gasteiger charge is -2.16. The molecule has 0 saturated heterocycles. The van der Waals surface area contributed by atoms with Crippen molar-refractivity contribution in [1.29, 1.82) is 0 Å². The van der Waals surface area contributed by atoms with Crippen molar-refractivity contribution >= 4 is 7.32 Å². The maximum atomic E-state index is 9.03. The Bertz CT molecular complexity index is 158. The van der Waals surface area contributed by atoms with E-state index in [2.05, 4.69) is 0 Å². The van der Waals surface area contributed by atoms with Gasteiger partial charge in [-0.05, 0) is 0 Å². The van der Waals surface area contributed by atoms with Gasteiger partial charge >= 0.3 is 7.32 Å². The first kappa shape index (κ1) is 16.7. The van der Waals surface area contributed by atoms with Gasteiger partial charge in [0.25, 0.3) is 0 Å². The van der Waals surface area contributed by atoms with E-state index in [-0.39, 0.29) is 26.4 Å². The molecule has 17 heavy (non-hydrogen) atoms. The van der Waals surface area contributed by atoms with Crippen LogP contribution in [0.4, 0.5) is 0 Å². The highest BCUT2D eigenvalue weighted by Gasteiger charge is 2.23. The van der Waals surface area contributed by atoms with E-state index in [1.54, 1.807) is 0 Å². The molecule has 2 unspecified atom stereocenters. The van der Waals surface area contributed by atoms with Gasteiger partial charge < -0.3 is 39.5 Å². The molecule has 0 radical (unpaired) electrons. The summed E-state index contributed by atoms with van der Waals surface area (Å²) < 4.78 is 14.8. The van der Waals surface area contributed by atoms with Crippen molar-refractivity contribution in [3.05, 3.63) is 0 Å². The fourth-order valence-electron chi connectivity index (χ4n) is 0.778. The van der Waals surface area contributed by atoms with Gasteiger partial charge in [-0.3, -0.25) is 0 Å². The minimum Gasteiger partial charge on any atom is -0.394 e. The predicted molar refractivity (Wildman–Crippen MR) is 56.9 cm³/mol. The zero-order valence-corrected chi connectivity index (χ0v) is 9.44. The van der Waals surface area contributed by atoms with Gasteiger partial charge in [-0.2, -0.15) is 0 Å². The number of hydrogen-bond donors (Lipinski definition) is 5. The van der Waals surface area contributed by atoms with Crippen molar-refractivity contribution < 1.29 is 39.5 Å². The van der Waals surface area contributed by atoms with Gasteiger partial charge in [0.15, 0.2) is 0 Å². The van der Waals surface area contributed by atoms with E-state index >= 15 is 0 Å². The summed E-state index contributed by atoms with van der Waals surface area (Å²) in [7, 11) is -1.19. The second kappa shape index (κ2) is 10.9. The fraction of sp³-hybridized carbons (Fsp3) is 1.00. The number of rotatable bonds is 11. The van der Waals surface area contributed by atoms with Gasteiger partial charge in [0, 0.05) is 0 Å². The summed E-state index contributed by atoms with van der Waals surface area (Å²) in [6, 6.07) is 0. The van der Waals surface area contributed by atoms with E-state index in [0.717, 1.165) is 0 Å². The van der Waals surface area contributed by atoms with Crippen LogP contribution in [-0.4, -0.2) is 84.7 Å². The molecule has 5 N–H and O–H groups in total. The molecule has 0 aromatic carbocycles. The Hall–Kier alpha value is -0.255. The largest absolute Gasteiger partial charge is 0.639 e. The second-order valence-electron chi connectivity index (χ2n) is 3.22. The Balaban J connectivity index is 3.86. The SMILES string of the molecule is OCCOB(OCC(O)CO)OCC(O)CO. The van der Waals surface area contributed by atoms with Crippen LogP contribution in [0.25, 0.3) is 0 Å². The van der Waals surface area contributed by atoms with Crippen LogP contribution in [0.1, 0.15) is 0 Å². The molecule has 0 aromatic rings. The molecular weight excluding hydrogens is 235 g/mol. The van der Waals surface area contributed by atoms with E-state index < -0.39 is 32.7 Å². The first-order chi connectivity index (χ1) is 8.13. The van der Waals surface area contributed by atoms with Crippen molar-refractivity contribution in [2.24, 2.45) is 0 Å². The lowest BCUT2D eigenvalue weighted by atomic mass is 10.2. The Morgan fingerprint density at radius 3 is 1.65 bits per heavy atom. The summed E-state index contributed by atoms with van der Waals surface area (Å²) >= 11 is 0. The molecule has 0 aliphatic rings. The minimum absolute atomic E-state index is 0.0465. The molecule has 8 nitrogen and oxygen atoms in total. The molecule has 0 rings (SSSR count). The summed E-state index contributed by atoms with van der Waals surface area (Å²) in [6.07, 6.45) is -2.14. The first-order valence-electron chi connectivity index (χ1n) is 5.17. The molecule has 0 saturated carbocycles. The molecule has 0 bridgehead atoms. The number of aliphatic hydroxyl groups is 5. The van der Waals surface area contributed by atoms with Gasteiger partial charge in [-0.15, -0.1) is 0 Å².